The maximum atomic E-state index is 12.7. The van der Waals surface area contributed by atoms with Gasteiger partial charge in [-0.25, -0.2) is 4.98 Å². The van der Waals surface area contributed by atoms with E-state index in [1.807, 2.05) is 12.1 Å². The molecule has 0 radical (unpaired) electrons. The molecule has 0 spiro atoms. The molecule has 0 unspecified atom stereocenters. The summed E-state index contributed by atoms with van der Waals surface area (Å²) < 4.78 is 0. The zero-order valence-corrected chi connectivity index (χ0v) is 16.7. The van der Waals surface area contributed by atoms with E-state index in [-0.39, 0.29) is 5.91 Å². The number of piperazine rings is 1. The lowest BCUT2D eigenvalue weighted by molar-refractivity contribution is 0.0927. The summed E-state index contributed by atoms with van der Waals surface area (Å²) in [5.74, 6) is 0.939. The molecule has 4 rings (SSSR count). The highest BCUT2D eigenvalue weighted by atomic mass is 16.1. The molecular weight excluding hydrogens is 348 g/mol. The van der Waals surface area contributed by atoms with Crippen LogP contribution in [-0.4, -0.2) is 43.1 Å². The molecule has 1 saturated carbocycles. The number of amides is 1. The van der Waals surface area contributed by atoms with Crippen molar-refractivity contribution in [1.29, 1.82) is 0 Å². The molecular formula is C23H30N4O. The van der Waals surface area contributed by atoms with Crippen molar-refractivity contribution >= 4 is 17.4 Å². The normalized spacial score (nSPS) is 18.2. The van der Waals surface area contributed by atoms with Crippen LogP contribution < -0.4 is 15.1 Å². The molecule has 5 heteroatoms. The molecule has 148 valence electrons. The number of pyridine rings is 1. The molecule has 1 aromatic carbocycles. The number of anilines is 2. The van der Waals surface area contributed by atoms with Crippen LogP contribution in [-0.2, 0) is 0 Å². The first-order valence-corrected chi connectivity index (χ1v) is 10.5. The van der Waals surface area contributed by atoms with Gasteiger partial charge in [-0.05, 0) is 49.6 Å². The zero-order chi connectivity index (χ0) is 19.3. The van der Waals surface area contributed by atoms with Gasteiger partial charge in [0.25, 0.3) is 5.91 Å². The number of aryl methyl sites for hydroxylation is 1. The van der Waals surface area contributed by atoms with Crippen LogP contribution in [0.1, 0.15) is 48.0 Å². The standard InChI is InChI=1S/C23H30N4O/c1-18-6-5-9-21(16-18)26-12-14-27(15-13-26)22-17-19(10-11-24-22)23(28)25-20-7-3-2-4-8-20/h5-6,9-11,16-17,20H,2-4,7-8,12-15H2,1H3,(H,25,28). The molecule has 2 aromatic rings. The smallest absolute Gasteiger partial charge is 0.251 e. The van der Waals surface area contributed by atoms with Crippen LogP contribution in [0.25, 0.3) is 0 Å². The topological polar surface area (TPSA) is 48.5 Å². The Morgan fingerprint density at radius 1 is 1.00 bits per heavy atom. The van der Waals surface area contributed by atoms with Gasteiger partial charge < -0.3 is 15.1 Å². The molecule has 1 saturated heterocycles. The van der Waals surface area contributed by atoms with Gasteiger partial charge in [-0.3, -0.25) is 4.79 Å². The van der Waals surface area contributed by atoms with Crippen molar-refractivity contribution < 1.29 is 4.79 Å². The van der Waals surface area contributed by atoms with Crippen LogP contribution in [0.4, 0.5) is 11.5 Å². The number of rotatable bonds is 4. The Labute approximate surface area is 167 Å². The number of carbonyl (C=O) groups is 1. The summed E-state index contributed by atoms with van der Waals surface area (Å²) in [4.78, 5) is 21.9. The Kier molecular flexibility index (Phi) is 5.79. The predicted molar refractivity (Wildman–Crippen MR) is 114 cm³/mol. The van der Waals surface area contributed by atoms with Gasteiger partial charge in [-0.15, -0.1) is 0 Å². The second-order valence-electron chi connectivity index (χ2n) is 8.02. The van der Waals surface area contributed by atoms with Gasteiger partial charge in [0.2, 0.25) is 0 Å². The van der Waals surface area contributed by atoms with Crippen molar-refractivity contribution in [1.82, 2.24) is 10.3 Å². The zero-order valence-electron chi connectivity index (χ0n) is 16.7. The first-order valence-electron chi connectivity index (χ1n) is 10.5. The van der Waals surface area contributed by atoms with Crippen LogP contribution in [0.5, 0.6) is 0 Å². The number of nitrogens with zero attached hydrogens (tertiary/aromatic N) is 3. The highest BCUT2D eigenvalue weighted by Crippen LogP contribution is 2.21. The Hall–Kier alpha value is -2.56. The van der Waals surface area contributed by atoms with Crippen molar-refractivity contribution in [2.75, 3.05) is 36.0 Å². The average molecular weight is 379 g/mol. The van der Waals surface area contributed by atoms with Crippen molar-refractivity contribution in [3.8, 4) is 0 Å². The summed E-state index contributed by atoms with van der Waals surface area (Å²) in [5, 5.41) is 3.21. The van der Waals surface area contributed by atoms with E-state index in [1.165, 1.54) is 30.5 Å². The summed E-state index contributed by atoms with van der Waals surface area (Å²) >= 11 is 0. The van der Waals surface area contributed by atoms with Gasteiger partial charge in [0.05, 0.1) is 0 Å². The van der Waals surface area contributed by atoms with Gasteiger partial charge in [0, 0.05) is 49.7 Å². The minimum absolute atomic E-state index is 0.0361. The first kappa shape index (κ1) is 18.8. The summed E-state index contributed by atoms with van der Waals surface area (Å²) in [7, 11) is 0. The maximum Gasteiger partial charge on any atom is 0.251 e. The van der Waals surface area contributed by atoms with Gasteiger partial charge in [-0.2, -0.15) is 0 Å². The summed E-state index contributed by atoms with van der Waals surface area (Å²) in [6.07, 6.45) is 7.70. The summed E-state index contributed by atoms with van der Waals surface area (Å²) in [6.45, 7) is 5.88. The van der Waals surface area contributed by atoms with E-state index in [9.17, 15) is 4.79 Å². The lowest BCUT2D eigenvalue weighted by Gasteiger charge is -2.37. The molecule has 1 N–H and O–H groups in total. The number of carbonyl (C=O) groups excluding carboxylic acids is 1. The molecule has 2 fully saturated rings. The number of hydrogen-bond acceptors (Lipinski definition) is 4. The van der Waals surface area contributed by atoms with E-state index >= 15 is 0 Å². The van der Waals surface area contributed by atoms with Gasteiger partial charge in [0.1, 0.15) is 5.82 Å². The van der Waals surface area contributed by atoms with Crippen LogP contribution in [0.15, 0.2) is 42.6 Å². The van der Waals surface area contributed by atoms with Crippen LogP contribution in [0.2, 0.25) is 0 Å². The predicted octanol–water partition coefficient (Wildman–Crippen LogP) is 3.78. The molecule has 28 heavy (non-hydrogen) atoms. The lowest BCUT2D eigenvalue weighted by Crippen LogP contribution is -2.47. The fraction of sp³-hybridized carbons (Fsp3) is 0.478. The fourth-order valence-electron chi connectivity index (χ4n) is 4.27. The van der Waals surface area contributed by atoms with Gasteiger partial charge >= 0.3 is 0 Å². The Morgan fingerprint density at radius 2 is 1.75 bits per heavy atom. The van der Waals surface area contributed by atoms with Crippen molar-refractivity contribution in [3.05, 3.63) is 53.7 Å². The van der Waals surface area contributed by atoms with E-state index in [0.29, 0.717) is 6.04 Å². The average Bonchev–Trinajstić information content (AvgIpc) is 2.75. The molecule has 0 atom stereocenters. The van der Waals surface area contributed by atoms with E-state index in [0.717, 1.165) is 50.4 Å². The molecule has 1 aliphatic carbocycles. The number of hydrogen-bond donors (Lipinski definition) is 1. The fourth-order valence-corrected chi connectivity index (χ4v) is 4.27. The third-order valence-corrected chi connectivity index (χ3v) is 5.92. The molecule has 2 heterocycles. The number of aromatic nitrogens is 1. The SMILES string of the molecule is Cc1cccc(N2CCN(c3cc(C(=O)NC4CCCCC4)ccn3)CC2)c1. The highest BCUT2D eigenvalue weighted by Gasteiger charge is 2.21. The summed E-state index contributed by atoms with van der Waals surface area (Å²) in [5.41, 5.74) is 3.29. The number of benzene rings is 1. The molecule has 1 amide bonds. The quantitative estimate of drug-likeness (QED) is 0.880. The molecule has 2 aliphatic rings. The van der Waals surface area contributed by atoms with Crippen LogP contribution >= 0.6 is 0 Å². The summed E-state index contributed by atoms with van der Waals surface area (Å²) in [6, 6.07) is 12.8. The Bertz CT molecular complexity index is 808. The second-order valence-corrected chi connectivity index (χ2v) is 8.02. The first-order chi connectivity index (χ1) is 13.7. The molecule has 0 bridgehead atoms. The highest BCUT2D eigenvalue weighted by molar-refractivity contribution is 5.95. The maximum absolute atomic E-state index is 12.7. The minimum Gasteiger partial charge on any atom is -0.368 e. The second kappa shape index (κ2) is 8.63. The Balaban J connectivity index is 1.37. The third-order valence-electron chi connectivity index (χ3n) is 5.92. The van der Waals surface area contributed by atoms with Gasteiger partial charge in [-0.1, -0.05) is 31.4 Å². The lowest BCUT2D eigenvalue weighted by atomic mass is 9.95. The molecule has 1 aromatic heterocycles. The van der Waals surface area contributed by atoms with Gasteiger partial charge in [0.15, 0.2) is 0 Å². The van der Waals surface area contributed by atoms with E-state index in [2.05, 4.69) is 51.3 Å². The minimum atomic E-state index is 0.0361. The monoisotopic (exact) mass is 378 g/mol. The van der Waals surface area contributed by atoms with Crippen molar-refractivity contribution in [3.63, 3.8) is 0 Å². The Morgan fingerprint density at radius 3 is 2.50 bits per heavy atom. The third kappa shape index (κ3) is 4.46. The number of nitrogens with one attached hydrogen (secondary N) is 1. The van der Waals surface area contributed by atoms with Crippen molar-refractivity contribution in [2.24, 2.45) is 0 Å². The van der Waals surface area contributed by atoms with E-state index in [4.69, 9.17) is 0 Å². The van der Waals surface area contributed by atoms with E-state index < -0.39 is 0 Å². The largest absolute Gasteiger partial charge is 0.368 e. The van der Waals surface area contributed by atoms with Crippen molar-refractivity contribution in [2.45, 2.75) is 45.1 Å². The van der Waals surface area contributed by atoms with Crippen LogP contribution in [0, 0.1) is 6.92 Å². The van der Waals surface area contributed by atoms with Crippen LogP contribution in [0.3, 0.4) is 0 Å². The molecule has 5 nitrogen and oxygen atoms in total. The molecule has 1 aliphatic heterocycles. The van der Waals surface area contributed by atoms with E-state index in [1.54, 1.807) is 6.20 Å².